The van der Waals surface area contributed by atoms with Gasteiger partial charge in [-0.25, -0.2) is 27.9 Å². The highest BCUT2D eigenvalue weighted by Crippen LogP contribution is 2.47. The molecule has 1 fully saturated rings. The second kappa shape index (κ2) is 17.4. The normalized spacial score (nSPS) is 20.2. The van der Waals surface area contributed by atoms with Crippen molar-refractivity contribution in [1.82, 2.24) is 19.4 Å². The first kappa shape index (κ1) is 46.4. The van der Waals surface area contributed by atoms with E-state index in [2.05, 4.69) is 20.8 Å². The first-order chi connectivity index (χ1) is 29.5. The Morgan fingerprint density at radius 2 is 1.38 bits per heavy atom. The molecule has 1 saturated heterocycles. The molecule has 2 aliphatic heterocycles. The molecule has 7 rings (SSSR count). The molecule has 0 unspecified atom stereocenters. The van der Waals surface area contributed by atoms with Crippen molar-refractivity contribution in [2.45, 2.75) is 135 Å². The average Bonchev–Trinajstić information content (AvgIpc) is 3.90. The number of hydrogen-bond donors (Lipinski definition) is 0. The molecule has 0 aliphatic carbocycles. The number of thiazole rings is 1. The smallest absolute Gasteiger partial charge is 0.419 e. The Hall–Kier alpha value is -4.63. The van der Waals surface area contributed by atoms with E-state index in [1.165, 1.54) is 11.3 Å². The van der Waals surface area contributed by atoms with Crippen LogP contribution in [0.4, 0.5) is 18.4 Å². The Morgan fingerprint density at radius 1 is 0.810 bits per heavy atom. The monoisotopic (exact) mass is 900 g/mol. The molecule has 0 spiro atoms. The summed E-state index contributed by atoms with van der Waals surface area (Å²) in [6, 6.07) is 25.7. The molecule has 0 radical (unpaired) electrons. The number of amides is 1. The lowest BCUT2D eigenvalue weighted by atomic mass is 9.91. The van der Waals surface area contributed by atoms with Crippen molar-refractivity contribution in [3.8, 4) is 5.19 Å². The largest absolute Gasteiger partial charge is 0.464 e. The Bertz CT molecular complexity index is 2370. The van der Waals surface area contributed by atoms with E-state index < -0.39 is 61.9 Å². The van der Waals surface area contributed by atoms with Crippen LogP contribution >= 0.6 is 11.3 Å². The van der Waals surface area contributed by atoms with Crippen LogP contribution in [0, 0.1) is 0 Å². The molecular formula is C49H62F2N4O6SSi. The number of ether oxygens (including phenoxy) is 3. The SMILES string of the molecule is C[C@@H]1Cc2c(n(C(=O)OC(C)(C)C)c3ccccc23)[C@@H](c2cnc(O[C@@H]3CCN(C(=O)OC(C)(C)C)[C@H]3C)s2)N1CC(F)(F)CO[Si](c1ccccc1)(c1ccccc1)C(C)(C)C. The fourth-order valence-corrected chi connectivity index (χ4v) is 14.7. The van der Waals surface area contributed by atoms with Gasteiger partial charge in [-0.2, -0.15) is 0 Å². The fraction of sp³-hybridized carbons (Fsp3) is 0.490. The molecular weight excluding hydrogens is 839 g/mol. The number of carbonyl (C=O) groups excluding carboxylic acids is 2. The van der Waals surface area contributed by atoms with Crippen molar-refractivity contribution in [3.05, 3.63) is 107 Å². The Labute approximate surface area is 375 Å². The van der Waals surface area contributed by atoms with E-state index in [9.17, 15) is 9.59 Å². The quantitative estimate of drug-likeness (QED) is 0.128. The zero-order valence-electron chi connectivity index (χ0n) is 38.4. The average molecular weight is 901 g/mol. The van der Waals surface area contributed by atoms with Crippen LogP contribution in [0.2, 0.25) is 5.04 Å². The van der Waals surface area contributed by atoms with Gasteiger partial charge in [0.1, 0.15) is 17.3 Å². The molecule has 338 valence electrons. The summed E-state index contributed by atoms with van der Waals surface area (Å²) in [7, 11) is -3.31. The standard InChI is InChI=1S/C49H62F2N4O6SSi/c1-32-28-37-36-24-18-19-25-38(36)55(45(57)61-47(6,7)8)41(37)42(40-29-52-43(62-40)59-39-26-27-53(33(39)2)44(56)60-46(3,4)5)54(32)30-49(50,51)31-58-63(48(9,10)11,34-20-14-12-15-21-34)35-22-16-13-17-23-35/h12-25,29,32-33,39,42H,26-28,30-31H2,1-11H3/t32-,33+,39-,42-/m1/s1. The lowest BCUT2D eigenvalue weighted by Crippen LogP contribution is -2.67. The number of fused-ring (bicyclic) bond motifs is 3. The number of benzene rings is 3. The highest BCUT2D eigenvalue weighted by atomic mass is 32.1. The van der Waals surface area contributed by atoms with Crippen molar-refractivity contribution in [3.63, 3.8) is 0 Å². The van der Waals surface area contributed by atoms with Crippen LogP contribution < -0.4 is 15.1 Å². The summed E-state index contributed by atoms with van der Waals surface area (Å²) in [5.41, 5.74) is 0.626. The molecule has 10 nitrogen and oxygen atoms in total. The maximum atomic E-state index is 17.3. The number of likely N-dealkylation sites (tertiary alicyclic amines) is 1. The van der Waals surface area contributed by atoms with E-state index in [4.69, 9.17) is 23.6 Å². The summed E-state index contributed by atoms with van der Waals surface area (Å²) < 4.78 is 61.1. The van der Waals surface area contributed by atoms with Gasteiger partial charge in [0.25, 0.3) is 19.4 Å². The lowest BCUT2D eigenvalue weighted by Gasteiger charge is -2.45. The van der Waals surface area contributed by atoms with Crippen LogP contribution in [0.15, 0.2) is 91.1 Å². The number of nitrogens with zero attached hydrogens (tertiary/aromatic N) is 4. The maximum absolute atomic E-state index is 17.3. The summed E-state index contributed by atoms with van der Waals surface area (Å²) in [4.78, 5) is 36.2. The molecule has 2 aromatic heterocycles. The molecule has 2 aliphatic rings. The van der Waals surface area contributed by atoms with Gasteiger partial charge in [-0.1, -0.05) is 111 Å². The minimum Gasteiger partial charge on any atom is -0.464 e. The van der Waals surface area contributed by atoms with Gasteiger partial charge in [0.05, 0.1) is 41.3 Å². The van der Waals surface area contributed by atoms with Crippen LogP contribution in [0.5, 0.6) is 5.19 Å². The molecule has 0 N–H and O–H groups in total. The van der Waals surface area contributed by atoms with Gasteiger partial charge < -0.3 is 23.5 Å². The van der Waals surface area contributed by atoms with Gasteiger partial charge in [-0.15, -0.1) is 0 Å². The van der Waals surface area contributed by atoms with Crippen LogP contribution in [-0.4, -0.2) is 94.9 Å². The minimum absolute atomic E-state index is 0.297. The summed E-state index contributed by atoms with van der Waals surface area (Å²) in [6.07, 6.45) is 1.27. The van der Waals surface area contributed by atoms with Crippen LogP contribution in [0.25, 0.3) is 10.9 Å². The number of halogens is 2. The Balaban J connectivity index is 1.28. The van der Waals surface area contributed by atoms with E-state index in [1.54, 1.807) is 20.6 Å². The number of alkyl halides is 2. The third-order valence-corrected chi connectivity index (χ3v) is 17.8. The molecule has 1 amide bonds. The number of hydrogen-bond acceptors (Lipinski definition) is 9. The molecule has 0 saturated carbocycles. The summed E-state index contributed by atoms with van der Waals surface area (Å²) in [5, 5.41) is 2.53. The summed E-state index contributed by atoms with van der Waals surface area (Å²) >= 11 is 1.26. The molecule has 5 aromatic rings. The van der Waals surface area contributed by atoms with Gasteiger partial charge in [0.15, 0.2) is 0 Å². The van der Waals surface area contributed by atoms with Crippen molar-refractivity contribution in [2.75, 3.05) is 19.7 Å². The van der Waals surface area contributed by atoms with E-state index in [0.717, 1.165) is 21.3 Å². The molecule has 0 bridgehead atoms. The second-order valence-corrected chi connectivity index (χ2v) is 25.4. The zero-order chi connectivity index (χ0) is 45.7. The zero-order valence-corrected chi connectivity index (χ0v) is 40.2. The topological polar surface area (TPSA) is 95.4 Å². The van der Waals surface area contributed by atoms with Crippen LogP contribution in [0.3, 0.4) is 0 Å². The maximum Gasteiger partial charge on any atom is 0.419 e. The van der Waals surface area contributed by atoms with Gasteiger partial charge in [-0.05, 0) is 88.9 Å². The third-order valence-electron chi connectivity index (χ3n) is 11.9. The number of carbonyl (C=O) groups is 2. The molecule has 63 heavy (non-hydrogen) atoms. The summed E-state index contributed by atoms with van der Waals surface area (Å²) in [6.45, 7) is 20.0. The van der Waals surface area contributed by atoms with E-state index in [0.29, 0.717) is 40.7 Å². The Kier molecular flexibility index (Phi) is 12.8. The summed E-state index contributed by atoms with van der Waals surface area (Å²) in [5.74, 6) is -3.34. The van der Waals surface area contributed by atoms with Gasteiger partial charge in [0.2, 0.25) is 0 Å². The van der Waals surface area contributed by atoms with Gasteiger partial charge in [0, 0.05) is 30.6 Å². The highest BCUT2D eigenvalue weighted by molar-refractivity contribution is 7.13. The molecule has 4 heterocycles. The Morgan fingerprint density at radius 3 is 1.97 bits per heavy atom. The van der Waals surface area contributed by atoms with E-state index in [1.807, 2.05) is 140 Å². The van der Waals surface area contributed by atoms with Crippen molar-refractivity contribution < 1.29 is 37.0 Å². The predicted octanol–water partition coefficient (Wildman–Crippen LogP) is 10.2. The van der Waals surface area contributed by atoms with Crippen molar-refractivity contribution in [2.24, 2.45) is 0 Å². The predicted molar refractivity (Wildman–Crippen MR) is 247 cm³/mol. The first-order valence-electron chi connectivity index (χ1n) is 21.9. The van der Waals surface area contributed by atoms with Crippen molar-refractivity contribution in [1.29, 1.82) is 0 Å². The van der Waals surface area contributed by atoms with E-state index >= 15 is 8.78 Å². The van der Waals surface area contributed by atoms with Crippen LogP contribution in [0.1, 0.15) is 105 Å². The molecule has 14 heteroatoms. The first-order valence-corrected chi connectivity index (χ1v) is 24.6. The lowest BCUT2D eigenvalue weighted by molar-refractivity contribution is -0.0820. The molecule has 3 aromatic carbocycles. The van der Waals surface area contributed by atoms with Crippen molar-refractivity contribution >= 4 is 53.1 Å². The highest BCUT2D eigenvalue weighted by Gasteiger charge is 2.53. The van der Waals surface area contributed by atoms with Gasteiger partial charge in [-0.3, -0.25) is 4.90 Å². The van der Waals surface area contributed by atoms with E-state index in [-0.39, 0.29) is 18.2 Å². The fourth-order valence-electron chi connectivity index (χ4n) is 9.22. The minimum atomic E-state index is -3.34. The number of aromatic nitrogens is 2. The van der Waals surface area contributed by atoms with Gasteiger partial charge >= 0.3 is 12.2 Å². The number of para-hydroxylation sites is 1. The second-order valence-electron chi connectivity index (χ2n) is 20.0. The third kappa shape index (κ3) is 9.60. The number of rotatable bonds is 10. The van der Waals surface area contributed by atoms with Crippen LogP contribution in [-0.2, 0) is 20.3 Å². The molecule has 4 atom stereocenters.